The van der Waals surface area contributed by atoms with E-state index < -0.39 is 6.09 Å². The average molecular weight is 289 g/mol. The van der Waals surface area contributed by atoms with Crippen LogP contribution in [0.4, 0.5) is 10.5 Å². The minimum atomic E-state index is -0.535. The van der Waals surface area contributed by atoms with Crippen LogP contribution in [0, 0.1) is 11.3 Å². The number of anilines is 1. The SMILES string of the molecule is CC1(C)CNCC(COC(=O)Nc2ccc(C#N)cc2)O1. The van der Waals surface area contributed by atoms with E-state index in [1.807, 2.05) is 19.9 Å². The third-order valence-corrected chi connectivity index (χ3v) is 3.07. The normalized spacial score (nSPS) is 20.3. The van der Waals surface area contributed by atoms with Crippen molar-refractivity contribution in [2.75, 3.05) is 25.0 Å². The Kier molecular flexibility index (Phi) is 4.78. The van der Waals surface area contributed by atoms with Crippen molar-refractivity contribution in [2.45, 2.75) is 25.6 Å². The summed E-state index contributed by atoms with van der Waals surface area (Å²) in [7, 11) is 0. The van der Waals surface area contributed by atoms with Gasteiger partial charge in [0.1, 0.15) is 12.7 Å². The number of nitrogens with zero attached hydrogens (tertiary/aromatic N) is 1. The number of morpholine rings is 1. The Bertz CT molecular complexity index is 534. The molecule has 0 radical (unpaired) electrons. The van der Waals surface area contributed by atoms with Gasteiger partial charge in [-0.25, -0.2) is 4.79 Å². The van der Waals surface area contributed by atoms with E-state index in [0.717, 1.165) is 6.54 Å². The van der Waals surface area contributed by atoms with Crippen molar-refractivity contribution in [3.8, 4) is 6.07 Å². The van der Waals surface area contributed by atoms with Crippen molar-refractivity contribution in [2.24, 2.45) is 0 Å². The first-order valence-corrected chi connectivity index (χ1v) is 6.81. The molecule has 6 nitrogen and oxygen atoms in total. The minimum Gasteiger partial charge on any atom is -0.446 e. The van der Waals surface area contributed by atoms with E-state index in [2.05, 4.69) is 10.6 Å². The second kappa shape index (κ2) is 6.57. The van der Waals surface area contributed by atoms with Crippen LogP contribution in [0.1, 0.15) is 19.4 Å². The van der Waals surface area contributed by atoms with Crippen molar-refractivity contribution in [3.63, 3.8) is 0 Å². The van der Waals surface area contributed by atoms with Gasteiger partial charge >= 0.3 is 6.09 Å². The first kappa shape index (κ1) is 15.3. The number of amides is 1. The second-order valence-corrected chi connectivity index (χ2v) is 5.54. The van der Waals surface area contributed by atoms with Crippen LogP contribution in [-0.4, -0.2) is 37.5 Å². The Labute approximate surface area is 124 Å². The molecule has 1 amide bonds. The fourth-order valence-corrected chi connectivity index (χ4v) is 2.11. The molecule has 1 unspecified atom stereocenters. The highest BCUT2D eigenvalue weighted by Gasteiger charge is 2.28. The van der Waals surface area contributed by atoms with Crippen molar-refractivity contribution in [3.05, 3.63) is 29.8 Å². The maximum absolute atomic E-state index is 11.7. The monoisotopic (exact) mass is 289 g/mol. The number of nitriles is 1. The number of carbonyl (C=O) groups excluding carboxylic acids is 1. The molecule has 112 valence electrons. The number of nitrogens with one attached hydrogen (secondary N) is 2. The predicted molar refractivity (Wildman–Crippen MR) is 77.9 cm³/mol. The lowest BCUT2D eigenvalue weighted by Gasteiger charge is -2.36. The summed E-state index contributed by atoms with van der Waals surface area (Å²) in [6, 6.07) is 8.59. The molecular weight excluding hydrogens is 270 g/mol. The molecule has 2 rings (SSSR count). The molecule has 21 heavy (non-hydrogen) atoms. The van der Waals surface area contributed by atoms with E-state index in [9.17, 15) is 4.79 Å². The standard InChI is InChI=1S/C15H19N3O3/c1-15(2)10-17-8-13(21-15)9-20-14(19)18-12-5-3-11(7-16)4-6-12/h3-6,13,17H,8-10H2,1-2H3,(H,18,19). The third-order valence-electron chi connectivity index (χ3n) is 3.07. The molecule has 2 N–H and O–H groups in total. The average Bonchev–Trinajstić information content (AvgIpc) is 2.45. The van der Waals surface area contributed by atoms with Gasteiger partial charge < -0.3 is 14.8 Å². The molecule has 0 aromatic heterocycles. The molecule has 1 aromatic rings. The summed E-state index contributed by atoms with van der Waals surface area (Å²) in [5, 5.41) is 14.6. The number of ether oxygens (including phenoxy) is 2. The summed E-state index contributed by atoms with van der Waals surface area (Å²) < 4.78 is 11.0. The van der Waals surface area contributed by atoms with Crippen LogP contribution in [0.3, 0.4) is 0 Å². The summed E-state index contributed by atoms with van der Waals surface area (Å²) in [5.74, 6) is 0. The van der Waals surface area contributed by atoms with Gasteiger partial charge in [0.2, 0.25) is 0 Å². The number of carbonyl (C=O) groups is 1. The Morgan fingerprint density at radius 2 is 2.24 bits per heavy atom. The summed E-state index contributed by atoms with van der Waals surface area (Å²) in [6.45, 7) is 5.61. The van der Waals surface area contributed by atoms with Gasteiger partial charge in [0.05, 0.1) is 17.2 Å². The molecule has 1 heterocycles. The molecule has 6 heteroatoms. The van der Waals surface area contributed by atoms with Crippen LogP contribution in [0.25, 0.3) is 0 Å². The van der Waals surface area contributed by atoms with E-state index in [-0.39, 0.29) is 18.3 Å². The summed E-state index contributed by atoms with van der Waals surface area (Å²) in [4.78, 5) is 11.7. The molecule has 0 saturated carbocycles. The lowest BCUT2D eigenvalue weighted by Crippen LogP contribution is -2.52. The predicted octanol–water partition coefficient (Wildman–Crippen LogP) is 1.87. The highest BCUT2D eigenvalue weighted by molar-refractivity contribution is 5.84. The van der Waals surface area contributed by atoms with Gasteiger partial charge in [0.15, 0.2) is 0 Å². The van der Waals surface area contributed by atoms with Gasteiger partial charge in [0.25, 0.3) is 0 Å². The molecule has 1 aliphatic rings. The second-order valence-electron chi connectivity index (χ2n) is 5.54. The zero-order chi connectivity index (χ0) is 15.3. The Morgan fingerprint density at radius 1 is 1.52 bits per heavy atom. The number of hydrogen-bond donors (Lipinski definition) is 2. The van der Waals surface area contributed by atoms with Gasteiger partial charge in [0, 0.05) is 18.8 Å². The Balaban J connectivity index is 1.78. The van der Waals surface area contributed by atoms with Gasteiger partial charge in [-0.3, -0.25) is 5.32 Å². The topological polar surface area (TPSA) is 83.4 Å². The summed E-state index contributed by atoms with van der Waals surface area (Å²) >= 11 is 0. The molecule has 0 bridgehead atoms. The first-order valence-electron chi connectivity index (χ1n) is 6.81. The molecule has 1 fully saturated rings. The maximum Gasteiger partial charge on any atom is 0.411 e. The molecule has 0 spiro atoms. The van der Waals surface area contributed by atoms with E-state index in [1.54, 1.807) is 24.3 Å². The largest absolute Gasteiger partial charge is 0.446 e. The third kappa shape index (κ3) is 4.74. The van der Waals surface area contributed by atoms with Crippen molar-refractivity contribution < 1.29 is 14.3 Å². The van der Waals surface area contributed by atoms with Crippen LogP contribution in [0.15, 0.2) is 24.3 Å². The van der Waals surface area contributed by atoms with E-state index in [0.29, 0.717) is 17.8 Å². The van der Waals surface area contributed by atoms with Crippen LogP contribution < -0.4 is 10.6 Å². The molecule has 1 saturated heterocycles. The minimum absolute atomic E-state index is 0.152. The van der Waals surface area contributed by atoms with E-state index in [4.69, 9.17) is 14.7 Å². The number of rotatable bonds is 3. The van der Waals surface area contributed by atoms with Gasteiger partial charge in [-0.2, -0.15) is 5.26 Å². The van der Waals surface area contributed by atoms with Crippen molar-refractivity contribution >= 4 is 11.8 Å². The zero-order valence-corrected chi connectivity index (χ0v) is 12.2. The van der Waals surface area contributed by atoms with Gasteiger partial charge in [-0.1, -0.05) is 0 Å². The quantitative estimate of drug-likeness (QED) is 0.887. The van der Waals surface area contributed by atoms with Crippen LogP contribution in [0.2, 0.25) is 0 Å². The van der Waals surface area contributed by atoms with Crippen molar-refractivity contribution in [1.29, 1.82) is 5.26 Å². The molecule has 1 aliphatic heterocycles. The van der Waals surface area contributed by atoms with Gasteiger partial charge in [-0.05, 0) is 38.1 Å². The molecule has 1 atom stereocenters. The first-order chi connectivity index (χ1) is 9.98. The summed E-state index contributed by atoms with van der Waals surface area (Å²) in [6.07, 6.45) is -0.688. The smallest absolute Gasteiger partial charge is 0.411 e. The molecular formula is C15H19N3O3. The number of hydrogen-bond acceptors (Lipinski definition) is 5. The lowest BCUT2D eigenvalue weighted by atomic mass is 10.1. The van der Waals surface area contributed by atoms with Crippen molar-refractivity contribution in [1.82, 2.24) is 5.32 Å². The van der Waals surface area contributed by atoms with Crippen LogP contribution >= 0.6 is 0 Å². The highest BCUT2D eigenvalue weighted by atomic mass is 16.6. The van der Waals surface area contributed by atoms with Crippen LogP contribution in [0.5, 0.6) is 0 Å². The van der Waals surface area contributed by atoms with Gasteiger partial charge in [-0.15, -0.1) is 0 Å². The number of benzene rings is 1. The Hall–Kier alpha value is -2.10. The molecule has 0 aliphatic carbocycles. The summed E-state index contributed by atoms with van der Waals surface area (Å²) in [5.41, 5.74) is 0.871. The highest BCUT2D eigenvalue weighted by Crippen LogP contribution is 2.15. The van der Waals surface area contributed by atoms with E-state index in [1.165, 1.54) is 0 Å². The zero-order valence-electron chi connectivity index (χ0n) is 12.2. The van der Waals surface area contributed by atoms with Crippen LogP contribution in [-0.2, 0) is 9.47 Å². The van der Waals surface area contributed by atoms with E-state index >= 15 is 0 Å². The maximum atomic E-state index is 11.7. The fourth-order valence-electron chi connectivity index (χ4n) is 2.11. The lowest BCUT2D eigenvalue weighted by molar-refractivity contribution is -0.110. The Morgan fingerprint density at radius 3 is 2.86 bits per heavy atom. The molecule has 1 aromatic carbocycles. The fraction of sp³-hybridized carbons (Fsp3) is 0.467.